The van der Waals surface area contributed by atoms with Gasteiger partial charge in [-0.15, -0.1) is 0 Å². The third kappa shape index (κ3) is 3.45. The van der Waals surface area contributed by atoms with Crippen LogP contribution in [0.5, 0.6) is 5.75 Å². The number of carbonyl (C=O) groups excluding carboxylic acids is 2. The molecule has 0 aliphatic carbocycles. The van der Waals surface area contributed by atoms with Crippen molar-refractivity contribution in [3.8, 4) is 5.75 Å². The van der Waals surface area contributed by atoms with Crippen LogP contribution in [0.3, 0.4) is 0 Å². The minimum atomic E-state index is -0.253. The molecule has 0 spiro atoms. The lowest BCUT2D eigenvalue weighted by atomic mass is 10.1. The summed E-state index contributed by atoms with van der Waals surface area (Å²) < 4.78 is 10.4. The molecule has 6 heteroatoms. The third-order valence-electron chi connectivity index (χ3n) is 2.59. The molecule has 6 nitrogen and oxygen atoms in total. The number of fused-ring (bicyclic) bond motifs is 1. The van der Waals surface area contributed by atoms with Gasteiger partial charge in [0.05, 0.1) is 12.1 Å². The van der Waals surface area contributed by atoms with E-state index in [0.717, 1.165) is 0 Å². The van der Waals surface area contributed by atoms with Gasteiger partial charge in [-0.25, -0.2) is 0 Å². The molecule has 19 heavy (non-hydrogen) atoms. The van der Waals surface area contributed by atoms with Crippen LogP contribution in [0.4, 0.5) is 5.69 Å². The second kappa shape index (κ2) is 6.19. The molecule has 0 atom stereocenters. The third-order valence-corrected chi connectivity index (χ3v) is 2.59. The van der Waals surface area contributed by atoms with Crippen LogP contribution in [-0.2, 0) is 9.53 Å². The van der Waals surface area contributed by atoms with Gasteiger partial charge in [-0.3, -0.25) is 9.59 Å². The van der Waals surface area contributed by atoms with E-state index >= 15 is 0 Å². The maximum atomic E-state index is 11.8. The number of benzene rings is 1. The topological polar surface area (TPSA) is 76.7 Å². The second-order valence-electron chi connectivity index (χ2n) is 4.00. The van der Waals surface area contributed by atoms with Crippen molar-refractivity contribution < 1.29 is 19.1 Å². The Balaban J connectivity index is 2.11. The van der Waals surface area contributed by atoms with Crippen molar-refractivity contribution in [2.24, 2.45) is 0 Å². The Morgan fingerprint density at radius 1 is 1.53 bits per heavy atom. The molecular weight excluding hydrogens is 248 g/mol. The summed E-state index contributed by atoms with van der Waals surface area (Å²) in [4.78, 5) is 23.3. The molecule has 1 aromatic carbocycles. The summed E-state index contributed by atoms with van der Waals surface area (Å²) in [5.41, 5.74) is 0.968. The molecule has 0 saturated carbocycles. The summed E-state index contributed by atoms with van der Waals surface area (Å²) in [6, 6.07) is 4.97. The molecule has 1 heterocycles. The SMILES string of the molecule is CCOCC(=O)Nc1ccc2c(c1)C(=O)NCCO2. The van der Waals surface area contributed by atoms with Crippen molar-refractivity contribution in [1.82, 2.24) is 5.32 Å². The average molecular weight is 264 g/mol. The Hall–Kier alpha value is -2.08. The van der Waals surface area contributed by atoms with E-state index < -0.39 is 0 Å². The van der Waals surface area contributed by atoms with Crippen molar-refractivity contribution in [2.75, 3.05) is 31.7 Å². The van der Waals surface area contributed by atoms with E-state index in [0.29, 0.717) is 36.8 Å². The maximum Gasteiger partial charge on any atom is 0.255 e. The normalized spacial score (nSPS) is 13.8. The van der Waals surface area contributed by atoms with Crippen molar-refractivity contribution in [3.63, 3.8) is 0 Å². The smallest absolute Gasteiger partial charge is 0.255 e. The van der Waals surface area contributed by atoms with Crippen molar-refractivity contribution in [3.05, 3.63) is 23.8 Å². The standard InChI is InChI=1S/C13H16N2O4/c1-2-18-8-12(16)15-9-3-4-11-10(7-9)13(17)14-5-6-19-11/h3-4,7H,2,5-6,8H2,1H3,(H,14,17)(H,15,16). The second-order valence-corrected chi connectivity index (χ2v) is 4.00. The summed E-state index contributed by atoms with van der Waals surface area (Å²) >= 11 is 0. The van der Waals surface area contributed by atoms with Crippen LogP contribution in [0.25, 0.3) is 0 Å². The first-order valence-corrected chi connectivity index (χ1v) is 6.13. The molecule has 1 aliphatic rings. The number of ether oxygens (including phenoxy) is 2. The lowest BCUT2D eigenvalue weighted by molar-refractivity contribution is -0.120. The molecule has 2 amide bonds. The average Bonchev–Trinajstić information content (AvgIpc) is 2.59. The molecule has 0 aromatic heterocycles. The molecule has 1 aromatic rings. The first kappa shape index (κ1) is 13.4. The Morgan fingerprint density at radius 3 is 3.16 bits per heavy atom. The van der Waals surface area contributed by atoms with Crippen LogP contribution in [0, 0.1) is 0 Å². The molecule has 0 saturated heterocycles. The summed E-state index contributed by atoms with van der Waals surface area (Å²) in [5.74, 6) is 0.0722. The first-order valence-electron chi connectivity index (χ1n) is 6.13. The molecule has 0 unspecified atom stereocenters. The van der Waals surface area contributed by atoms with Crippen molar-refractivity contribution >= 4 is 17.5 Å². The highest BCUT2D eigenvalue weighted by molar-refractivity contribution is 5.99. The van der Waals surface area contributed by atoms with E-state index in [1.165, 1.54) is 0 Å². The zero-order valence-corrected chi connectivity index (χ0v) is 10.7. The van der Waals surface area contributed by atoms with Crippen LogP contribution >= 0.6 is 0 Å². The molecule has 0 radical (unpaired) electrons. The van der Waals surface area contributed by atoms with E-state index in [1.54, 1.807) is 18.2 Å². The van der Waals surface area contributed by atoms with Gasteiger partial charge in [-0.1, -0.05) is 0 Å². The summed E-state index contributed by atoms with van der Waals surface area (Å²) in [7, 11) is 0. The molecule has 1 aliphatic heterocycles. The minimum absolute atomic E-state index is 0.00369. The van der Waals surface area contributed by atoms with Crippen LogP contribution in [0.15, 0.2) is 18.2 Å². The predicted molar refractivity (Wildman–Crippen MR) is 69.4 cm³/mol. The molecule has 0 fully saturated rings. The van der Waals surface area contributed by atoms with Crippen LogP contribution in [-0.4, -0.2) is 38.2 Å². The van der Waals surface area contributed by atoms with E-state index in [9.17, 15) is 9.59 Å². The number of hydrogen-bond donors (Lipinski definition) is 2. The Labute approximate surface area is 111 Å². The van der Waals surface area contributed by atoms with Crippen LogP contribution in [0.1, 0.15) is 17.3 Å². The Bertz CT molecular complexity index is 488. The van der Waals surface area contributed by atoms with Gasteiger partial charge in [-0.05, 0) is 25.1 Å². The highest BCUT2D eigenvalue weighted by atomic mass is 16.5. The highest BCUT2D eigenvalue weighted by Crippen LogP contribution is 2.24. The maximum absolute atomic E-state index is 11.8. The summed E-state index contributed by atoms with van der Waals surface area (Å²) in [6.07, 6.45) is 0. The van der Waals surface area contributed by atoms with Crippen LogP contribution in [0.2, 0.25) is 0 Å². The molecule has 0 bridgehead atoms. The Kier molecular flexibility index (Phi) is 4.35. The van der Waals surface area contributed by atoms with Gasteiger partial charge in [0.1, 0.15) is 19.0 Å². The number of amides is 2. The van der Waals surface area contributed by atoms with Gasteiger partial charge >= 0.3 is 0 Å². The highest BCUT2D eigenvalue weighted by Gasteiger charge is 2.17. The lowest BCUT2D eigenvalue weighted by Gasteiger charge is -2.09. The molecular formula is C13H16N2O4. The van der Waals surface area contributed by atoms with Crippen molar-refractivity contribution in [2.45, 2.75) is 6.92 Å². The molecule has 2 rings (SSSR count). The number of nitrogens with one attached hydrogen (secondary N) is 2. The minimum Gasteiger partial charge on any atom is -0.491 e. The molecule has 2 N–H and O–H groups in total. The van der Waals surface area contributed by atoms with E-state index in [4.69, 9.17) is 9.47 Å². The largest absolute Gasteiger partial charge is 0.491 e. The molecule has 102 valence electrons. The van der Waals surface area contributed by atoms with Crippen molar-refractivity contribution in [1.29, 1.82) is 0 Å². The monoisotopic (exact) mass is 264 g/mol. The lowest BCUT2D eigenvalue weighted by Crippen LogP contribution is -2.24. The summed E-state index contributed by atoms with van der Waals surface area (Å²) in [5, 5.41) is 5.38. The number of hydrogen-bond acceptors (Lipinski definition) is 4. The quantitative estimate of drug-likeness (QED) is 0.842. The zero-order chi connectivity index (χ0) is 13.7. The first-order chi connectivity index (χ1) is 9.20. The fraction of sp³-hybridized carbons (Fsp3) is 0.385. The van der Waals surface area contributed by atoms with Gasteiger partial charge in [0, 0.05) is 12.3 Å². The van der Waals surface area contributed by atoms with E-state index in [2.05, 4.69) is 10.6 Å². The number of carbonyl (C=O) groups is 2. The fourth-order valence-electron chi connectivity index (χ4n) is 1.72. The van der Waals surface area contributed by atoms with Gasteiger partial charge in [-0.2, -0.15) is 0 Å². The fourth-order valence-corrected chi connectivity index (χ4v) is 1.72. The van der Waals surface area contributed by atoms with Gasteiger partial charge in [0.15, 0.2) is 0 Å². The summed E-state index contributed by atoms with van der Waals surface area (Å²) in [6.45, 7) is 3.20. The Morgan fingerprint density at radius 2 is 2.37 bits per heavy atom. The van der Waals surface area contributed by atoms with Gasteiger partial charge < -0.3 is 20.1 Å². The van der Waals surface area contributed by atoms with Crippen LogP contribution < -0.4 is 15.4 Å². The van der Waals surface area contributed by atoms with E-state index in [1.807, 2.05) is 6.92 Å². The van der Waals surface area contributed by atoms with Gasteiger partial charge in [0.25, 0.3) is 5.91 Å². The number of rotatable bonds is 4. The van der Waals surface area contributed by atoms with Gasteiger partial charge in [0.2, 0.25) is 5.91 Å². The zero-order valence-electron chi connectivity index (χ0n) is 10.7. The van der Waals surface area contributed by atoms with E-state index in [-0.39, 0.29) is 18.4 Å². The predicted octanol–water partition coefficient (Wildman–Crippen LogP) is 0.784. The number of anilines is 1.